The number of carbonyl (C=O) groups excluding carboxylic acids is 1. The van der Waals surface area contributed by atoms with Crippen LogP contribution in [0.25, 0.3) is 0 Å². The van der Waals surface area contributed by atoms with Crippen molar-refractivity contribution in [1.29, 1.82) is 0 Å². The lowest BCUT2D eigenvalue weighted by atomic mass is 10.1. The largest absolute Gasteiger partial charge is 0.416 e. The third-order valence-corrected chi connectivity index (χ3v) is 2.96. The molecule has 2 nitrogen and oxygen atoms in total. The van der Waals surface area contributed by atoms with Crippen molar-refractivity contribution in [2.45, 2.75) is 12.6 Å². The van der Waals surface area contributed by atoms with Crippen LogP contribution >= 0.6 is 0 Å². The Balaban J connectivity index is 2.01. The summed E-state index contributed by atoms with van der Waals surface area (Å²) in [6, 6.07) is 11.3. The minimum absolute atomic E-state index is 0.0155. The summed E-state index contributed by atoms with van der Waals surface area (Å²) in [4.78, 5) is 11.9. The number of amides is 1. The van der Waals surface area contributed by atoms with Crippen molar-refractivity contribution in [2.75, 3.05) is 5.32 Å². The second kappa shape index (κ2) is 6.35. The fourth-order valence-corrected chi connectivity index (χ4v) is 1.89. The molecule has 2 aromatic carbocycles. The van der Waals surface area contributed by atoms with Gasteiger partial charge in [0.05, 0.1) is 12.0 Å². The third kappa shape index (κ3) is 4.13. The molecule has 0 spiro atoms. The van der Waals surface area contributed by atoms with Crippen molar-refractivity contribution in [1.82, 2.24) is 0 Å². The van der Waals surface area contributed by atoms with Gasteiger partial charge in [-0.1, -0.05) is 24.1 Å². The minimum Gasteiger partial charge on any atom is -0.326 e. The molecular weight excluding hydrogens is 291 g/mol. The van der Waals surface area contributed by atoms with E-state index in [1.807, 2.05) is 0 Å². The molecule has 2 rings (SSSR count). The molecule has 1 amide bonds. The number of carbonyl (C=O) groups is 1. The first-order valence-corrected chi connectivity index (χ1v) is 6.41. The summed E-state index contributed by atoms with van der Waals surface area (Å²) in [7, 11) is 0. The molecule has 0 unspecified atom stereocenters. The number of halogens is 3. The highest BCUT2D eigenvalue weighted by Crippen LogP contribution is 2.29. The number of alkyl halides is 3. The maximum absolute atomic E-state index is 12.4. The zero-order chi connectivity index (χ0) is 16.2. The van der Waals surface area contributed by atoms with Gasteiger partial charge in [0.2, 0.25) is 5.91 Å². The van der Waals surface area contributed by atoms with E-state index >= 15 is 0 Å². The number of anilines is 1. The van der Waals surface area contributed by atoms with Gasteiger partial charge in [-0.3, -0.25) is 4.79 Å². The number of rotatable bonds is 3. The molecule has 0 saturated heterocycles. The quantitative estimate of drug-likeness (QED) is 0.857. The molecule has 0 bridgehead atoms. The Hall–Kier alpha value is -2.74. The van der Waals surface area contributed by atoms with Crippen molar-refractivity contribution in [3.8, 4) is 12.3 Å². The second-order valence-corrected chi connectivity index (χ2v) is 4.64. The summed E-state index contributed by atoms with van der Waals surface area (Å²) >= 11 is 0. The first-order valence-electron chi connectivity index (χ1n) is 6.41. The molecular formula is C17H12F3NO. The maximum atomic E-state index is 12.4. The van der Waals surface area contributed by atoms with E-state index in [0.29, 0.717) is 16.8 Å². The van der Waals surface area contributed by atoms with Crippen LogP contribution in [0.2, 0.25) is 0 Å². The standard InChI is InChI=1S/C17H12F3NO/c1-2-12-4-3-5-15(10-12)21-16(22)11-13-6-8-14(9-7-13)17(18,19)20/h1,3-10H,11H2,(H,21,22). The highest BCUT2D eigenvalue weighted by Gasteiger charge is 2.29. The van der Waals surface area contributed by atoms with Crippen LogP contribution in [0, 0.1) is 12.3 Å². The van der Waals surface area contributed by atoms with E-state index in [1.54, 1.807) is 24.3 Å². The Morgan fingerprint density at radius 2 is 1.82 bits per heavy atom. The van der Waals surface area contributed by atoms with Crippen LogP contribution in [0.4, 0.5) is 18.9 Å². The number of hydrogen-bond acceptors (Lipinski definition) is 1. The van der Waals surface area contributed by atoms with Crippen molar-refractivity contribution in [3.63, 3.8) is 0 Å². The van der Waals surface area contributed by atoms with Crippen LogP contribution < -0.4 is 5.32 Å². The van der Waals surface area contributed by atoms with Crippen LogP contribution in [0.15, 0.2) is 48.5 Å². The first-order chi connectivity index (χ1) is 10.4. The molecule has 0 saturated carbocycles. The topological polar surface area (TPSA) is 29.1 Å². The van der Waals surface area contributed by atoms with E-state index in [9.17, 15) is 18.0 Å². The molecule has 0 aromatic heterocycles. The highest BCUT2D eigenvalue weighted by molar-refractivity contribution is 5.92. The van der Waals surface area contributed by atoms with Gasteiger partial charge in [0, 0.05) is 11.3 Å². The van der Waals surface area contributed by atoms with Gasteiger partial charge in [-0.05, 0) is 35.9 Å². The highest BCUT2D eigenvalue weighted by atomic mass is 19.4. The van der Waals surface area contributed by atoms with Crippen LogP contribution in [-0.2, 0) is 17.4 Å². The smallest absolute Gasteiger partial charge is 0.326 e. The summed E-state index contributed by atoms with van der Waals surface area (Å²) in [5, 5.41) is 2.65. The van der Waals surface area contributed by atoms with E-state index < -0.39 is 11.7 Å². The Morgan fingerprint density at radius 3 is 2.41 bits per heavy atom. The van der Waals surface area contributed by atoms with Crippen LogP contribution in [-0.4, -0.2) is 5.91 Å². The maximum Gasteiger partial charge on any atom is 0.416 e. The Morgan fingerprint density at radius 1 is 1.14 bits per heavy atom. The SMILES string of the molecule is C#Cc1cccc(NC(=O)Cc2ccc(C(F)(F)F)cc2)c1. The van der Waals surface area contributed by atoms with E-state index in [4.69, 9.17) is 6.42 Å². The molecule has 1 N–H and O–H groups in total. The van der Waals surface area contributed by atoms with Crippen molar-refractivity contribution in [3.05, 3.63) is 65.2 Å². The third-order valence-electron chi connectivity index (χ3n) is 2.96. The van der Waals surface area contributed by atoms with E-state index in [1.165, 1.54) is 12.1 Å². The molecule has 0 aliphatic rings. The van der Waals surface area contributed by atoms with Gasteiger partial charge >= 0.3 is 6.18 Å². The molecule has 2 aromatic rings. The summed E-state index contributed by atoms with van der Waals surface area (Å²) in [6.07, 6.45) is 0.874. The first kappa shape index (κ1) is 15.6. The zero-order valence-electron chi connectivity index (χ0n) is 11.4. The van der Waals surface area contributed by atoms with Crippen LogP contribution in [0.3, 0.4) is 0 Å². The Labute approximate surface area is 126 Å². The summed E-state index contributed by atoms with van der Waals surface area (Å²) < 4.78 is 37.3. The summed E-state index contributed by atoms with van der Waals surface area (Å²) in [5.41, 5.74) is 0.941. The molecule has 0 heterocycles. The van der Waals surface area contributed by atoms with E-state index in [2.05, 4.69) is 11.2 Å². The molecule has 0 atom stereocenters. The number of hydrogen-bond donors (Lipinski definition) is 1. The zero-order valence-corrected chi connectivity index (χ0v) is 11.4. The Kier molecular flexibility index (Phi) is 4.52. The van der Waals surface area contributed by atoms with Crippen LogP contribution in [0.1, 0.15) is 16.7 Å². The fraction of sp³-hybridized carbons (Fsp3) is 0.118. The molecule has 0 radical (unpaired) electrons. The molecule has 112 valence electrons. The second-order valence-electron chi connectivity index (χ2n) is 4.64. The van der Waals surface area contributed by atoms with Gasteiger partial charge in [-0.15, -0.1) is 6.42 Å². The van der Waals surface area contributed by atoms with Gasteiger partial charge < -0.3 is 5.32 Å². The number of benzene rings is 2. The van der Waals surface area contributed by atoms with Gasteiger partial charge in [0.15, 0.2) is 0 Å². The van der Waals surface area contributed by atoms with Crippen molar-refractivity contribution >= 4 is 11.6 Å². The monoisotopic (exact) mass is 303 g/mol. The van der Waals surface area contributed by atoms with E-state index in [-0.39, 0.29) is 12.3 Å². The normalized spacial score (nSPS) is 10.8. The van der Waals surface area contributed by atoms with Gasteiger partial charge in [0.1, 0.15) is 0 Å². The molecule has 22 heavy (non-hydrogen) atoms. The lowest BCUT2D eigenvalue weighted by molar-refractivity contribution is -0.137. The predicted octanol–water partition coefficient (Wildman–Crippen LogP) is 3.87. The number of terminal acetylenes is 1. The van der Waals surface area contributed by atoms with Crippen molar-refractivity contribution < 1.29 is 18.0 Å². The van der Waals surface area contributed by atoms with Crippen LogP contribution in [0.5, 0.6) is 0 Å². The Bertz CT molecular complexity index is 712. The summed E-state index contributed by atoms with van der Waals surface area (Å²) in [5.74, 6) is 2.13. The number of nitrogens with one attached hydrogen (secondary N) is 1. The van der Waals surface area contributed by atoms with Crippen molar-refractivity contribution in [2.24, 2.45) is 0 Å². The summed E-state index contributed by atoms with van der Waals surface area (Å²) in [6.45, 7) is 0. The molecule has 5 heteroatoms. The molecule has 0 aliphatic carbocycles. The van der Waals surface area contributed by atoms with Gasteiger partial charge in [-0.25, -0.2) is 0 Å². The lowest BCUT2D eigenvalue weighted by Crippen LogP contribution is -2.14. The van der Waals surface area contributed by atoms with Gasteiger partial charge in [0.25, 0.3) is 0 Å². The average molecular weight is 303 g/mol. The molecule has 0 fully saturated rings. The fourth-order valence-electron chi connectivity index (χ4n) is 1.89. The predicted molar refractivity (Wildman–Crippen MR) is 78.2 cm³/mol. The molecule has 0 aliphatic heterocycles. The van der Waals surface area contributed by atoms with E-state index in [0.717, 1.165) is 12.1 Å². The van der Waals surface area contributed by atoms with Gasteiger partial charge in [-0.2, -0.15) is 13.2 Å². The average Bonchev–Trinajstić information content (AvgIpc) is 2.47. The minimum atomic E-state index is -4.38. The lowest BCUT2D eigenvalue weighted by Gasteiger charge is -2.08.